The molecule has 0 unspecified atom stereocenters. The molecule has 0 heterocycles. The summed E-state index contributed by atoms with van der Waals surface area (Å²) in [6.07, 6.45) is 0. The number of benzene rings is 2. The van der Waals surface area contributed by atoms with Crippen molar-refractivity contribution in [3.05, 3.63) is 59.2 Å². The topological polar surface area (TPSA) is 92.4 Å². The van der Waals surface area contributed by atoms with Gasteiger partial charge in [-0.2, -0.15) is 0 Å². The molecule has 0 radical (unpaired) electrons. The van der Waals surface area contributed by atoms with E-state index in [1.807, 2.05) is 0 Å². The lowest BCUT2D eigenvalue weighted by Crippen LogP contribution is -2.18. The number of nitrogen functional groups attached to an aromatic ring is 1. The van der Waals surface area contributed by atoms with Crippen LogP contribution in [0, 0.1) is 11.6 Å². The maximum absolute atomic E-state index is 13.5. The van der Waals surface area contributed by atoms with Crippen LogP contribution in [0.3, 0.4) is 0 Å². The monoisotopic (exact) mass is 292 g/mol. The van der Waals surface area contributed by atoms with Crippen LogP contribution in [-0.2, 0) is 0 Å². The molecular weight excluding hydrogens is 282 g/mol. The lowest BCUT2D eigenvalue weighted by molar-refractivity contribution is 0.0698. The van der Waals surface area contributed by atoms with E-state index in [1.165, 1.54) is 12.1 Å². The summed E-state index contributed by atoms with van der Waals surface area (Å²) in [5.41, 5.74) is 4.47. The Morgan fingerprint density at radius 3 is 2.29 bits per heavy atom. The van der Waals surface area contributed by atoms with E-state index in [0.29, 0.717) is 0 Å². The summed E-state index contributed by atoms with van der Waals surface area (Å²) < 4.78 is 27.0. The zero-order chi connectivity index (χ0) is 15.6. The van der Waals surface area contributed by atoms with Crippen LogP contribution in [0.15, 0.2) is 36.4 Å². The van der Waals surface area contributed by atoms with Crippen LogP contribution in [0.5, 0.6) is 0 Å². The fourth-order valence-electron chi connectivity index (χ4n) is 1.75. The Hall–Kier alpha value is -2.96. The molecule has 0 fully saturated rings. The molecule has 0 spiro atoms. The number of hydrogen-bond acceptors (Lipinski definition) is 3. The summed E-state index contributed by atoms with van der Waals surface area (Å²) in [6.45, 7) is 0. The molecule has 0 saturated carbocycles. The number of rotatable bonds is 3. The van der Waals surface area contributed by atoms with Crippen molar-refractivity contribution in [1.82, 2.24) is 0 Å². The molecule has 0 aliphatic carbocycles. The number of anilines is 2. The summed E-state index contributed by atoms with van der Waals surface area (Å²) >= 11 is 0. The number of amides is 1. The molecule has 4 N–H and O–H groups in total. The third kappa shape index (κ3) is 2.97. The minimum atomic E-state index is -1.33. The van der Waals surface area contributed by atoms with Crippen LogP contribution in [0.25, 0.3) is 0 Å². The second-order valence-corrected chi connectivity index (χ2v) is 4.16. The SMILES string of the molecule is Nc1ccc(NC(=O)c2c(F)cccc2F)c(C(=O)O)c1. The third-order valence-electron chi connectivity index (χ3n) is 2.71. The van der Waals surface area contributed by atoms with Crippen molar-refractivity contribution in [3.63, 3.8) is 0 Å². The zero-order valence-corrected chi connectivity index (χ0v) is 10.6. The van der Waals surface area contributed by atoms with Gasteiger partial charge in [0.1, 0.15) is 17.2 Å². The Morgan fingerprint density at radius 2 is 1.71 bits per heavy atom. The number of carboxylic acids is 1. The van der Waals surface area contributed by atoms with Crippen LogP contribution in [0.1, 0.15) is 20.7 Å². The van der Waals surface area contributed by atoms with Crippen molar-refractivity contribution in [2.24, 2.45) is 0 Å². The highest BCUT2D eigenvalue weighted by molar-refractivity contribution is 6.08. The van der Waals surface area contributed by atoms with Crippen molar-refractivity contribution < 1.29 is 23.5 Å². The molecule has 7 heteroatoms. The Kier molecular flexibility index (Phi) is 3.84. The number of hydrogen-bond donors (Lipinski definition) is 3. The van der Waals surface area contributed by atoms with Gasteiger partial charge >= 0.3 is 5.97 Å². The molecule has 0 aliphatic heterocycles. The van der Waals surface area contributed by atoms with Crippen molar-refractivity contribution in [1.29, 1.82) is 0 Å². The van der Waals surface area contributed by atoms with Crippen LogP contribution in [0.2, 0.25) is 0 Å². The minimum Gasteiger partial charge on any atom is -0.478 e. The van der Waals surface area contributed by atoms with Gasteiger partial charge in [-0.05, 0) is 30.3 Å². The van der Waals surface area contributed by atoms with E-state index >= 15 is 0 Å². The average molecular weight is 292 g/mol. The predicted molar refractivity (Wildman–Crippen MR) is 72.1 cm³/mol. The Bertz CT molecular complexity index is 712. The predicted octanol–water partition coefficient (Wildman–Crippen LogP) is 2.50. The lowest BCUT2D eigenvalue weighted by Gasteiger charge is -2.10. The van der Waals surface area contributed by atoms with Gasteiger partial charge in [0.05, 0.1) is 11.3 Å². The maximum Gasteiger partial charge on any atom is 0.337 e. The molecule has 0 aromatic heterocycles. The van der Waals surface area contributed by atoms with E-state index in [4.69, 9.17) is 10.8 Å². The zero-order valence-electron chi connectivity index (χ0n) is 10.6. The normalized spacial score (nSPS) is 10.2. The summed E-state index contributed by atoms with van der Waals surface area (Å²) in [6, 6.07) is 6.72. The second-order valence-electron chi connectivity index (χ2n) is 4.16. The molecule has 0 aliphatic rings. The maximum atomic E-state index is 13.5. The average Bonchev–Trinajstić information content (AvgIpc) is 2.40. The van der Waals surface area contributed by atoms with Gasteiger partial charge in [0, 0.05) is 5.69 Å². The first kappa shape index (κ1) is 14.4. The molecule has 2 aromatic rings. The highest BCUT2D eigenvalue weighted by Gasteiger charge is 2.19. The smallest absolute Gasteiger partial charge is 0.337 e. The second kappa shape index (κ2) is 5.58. The molecule has 0 bridgehead atoms. The summed E-state index contributed by atoms with van der Waals surface area (Å²) in [5.74, 6) is -4.50. The largest absolute Gasteiger partial charge is 0.478 e. The number of halogens is 2. The molecule has 1 amide bonds. The van der Waals surface area contributed by atoms with Gasteiger partial charge in [0.25, 0.3) is 5.91 Å². The molecule has 5 nitrogen and oxygen atoms in total. The van der Waals surface area contributed by atoms with Crippen molar-refractivity contribution >= 4 is 23.3 Å². The third-order valence-corrected chi connectivity index (χ3v) is 2.71. The standard InChI is InChI=1S/C14H10F2N2O3/c15-9-2-1-3-10(16)12(9)13(19)18-11-5-4-7(17)6-8(11)14(20)21/h1-6H,17H2,(H,18,19)(H,20,21). The van der Waals surface area contributed by atoms with Gasteiger partial charge in [-0.25, -0.2) is 13.6 Å². The molecule has 0 atom stereocenters. The van der Waals surface area contributed by atoms with Crippen LogP contribution < -0.4 is 11.1 Å². The molecule has 0 saturated heterocycles. The van der Waals surface area contributed by atoms with E-state index < -0.39 is 29.1 Å². The van der Waals surface area contributed by atoms with Crippen molar-refractivity contribution in [3.8, 4) is 0 Å². The first-order valence-corrected chi connectivity index (χ1v) is 5.78. The van der Waals surface area contributed by atoms with Gasteiger partial charge in [0.15, 0.2) is 0 Å². The Balaban J connectivity index is 2.39. The first-order valence-electron chi connectivity index (χ1n) is 5.78. The van der Waals surface area contributed by atoms with Gasteiger partial charge in [-0.15, -0.1) is 0 Å². The van der Waals surface area contributed by atoms with Gasteiger partial charge in [-0.1, -0.05) is 6.07 Å². The van der Waals surface area contributed by atoms with Gasteiger partial charge < -0.3 is 16.2 Å². The van der Waals surface area contributed by atoms with Crippen molar-refractivity contribution in [2.75, 3.05) is 11.1 Å². The molecule has 21 heavy (non-hydrogen) atoms. The summed E-state index contributed by atoms with van der Waals surface area (Å²) in [4.78, 5) is 23.0. The molecule has 2 rings (SSSR count). The fraction of sp³-hybridized carbons (Fsp3) is 0. The van der Waals surface area contributed by atoms with Crippen molar-refractivity contribution in [2.45, 2.75) is 0 Å². The van der Waals surface area contributed by atoms with Crippen LogP contribution in [-0.4, -0.2) is 17.0 Å². The fourth-order valence-corrected chi connectivity index (χ4v) is 1.75. The van der Waals surface area contributed by atoms with E-state index in [9.17, 15) is 18.4 Å². The number of nitrogens with one attached hydrogen (secondary N) is 1. The van der Waals surface area contributed by atoms with Crippen LogP contribution >= 0.6 is 0 Å². The van der Waals surface area contributed by atoms with Crippen LogP contribution in [0.4, 0.5) is 20.2 Å². The summed E-state index contributed by atoms with van der Waals surface area (Å²) in [5, 5.41) is 11.2. The summed E-state index contributed by atoms with van der Waals surface area (Å²) in [7, 11) is 0. The highest BCUT2D eigenvalue weighted by Crippen LogP contribution is 2.21. The minimum absolute atomic E-state index is 0.107. The number of carbonyl (C=O) groups is 2. The van der Waals surface area contributed by atoms with E-state index in [-0.39, 0.29) is 16.9 Å². The Morgan fingerprint density at radius 1 is 1.10 bits per heavy atom. The number of carbonyl (C=O) groups excluding carboxylic acids is 1. The number of nitrogens with two attached hydrogens (primary N) is 1. The molecule has 108 valence electrons. The van der Waals surface area contributed by atoms with Gasteiger partial charge in [-0.3, -0.25) is 4.79 Å². The highest BCUT2D eigenvalue weighted by atomic mass is 19.1. The van der Waals surface area contributed by atoms with Gasteiger partial charge in [0.2, 0.25) is 0 Å². The quantitative estimate of drug-likeness (QED) is 0.758. The number of aromatic carboxylic acids is 1. The van der Waals surface area contributed by atoms with E-state index in [1.54, 1.807) is 0 Å². The molecule has 2 aromatic carbocycles. The first-order chi connectivity index (χ1) is 9.90. The molecular formula is C14H10F2N2O3. The van der Waals surface area contributed by atoms with E-state index in [2.05, 4.69) is 5.32 Å². The lowest BCUT2D eigenvalue weighted by atomic mass is 10.1. The Labute approximate surface area is 118 Å². The van der Waals surface area contributed by atoms with E-state index in [0.717, 1.165) is 24.3 Å². The number of carboxylic acid groups (broad SMARTS) is 1.